The summed E-state index contributed by atoms with van der Waals surface area (Å²) < 4.78 is 5.24. The van der Waals surface area contributed by atoms with Gasteiger partial charge in [-0.3, -0.25) is 9.69 Å². The van der Waals surface area contributed by atoms with Crippen molar-refractivity contribution in [1.29, 1.82) is 0 Å². The second-order valence-corrected chi connectivity index (χ2v) is 7.96. The van der Waals surface area contributed by atoms with Crippen LogP contribution in [0, 0.1) is 0 Å². The van der Waals surface area contributed by atoms with Gasteiger partial charge in [-0.1, -0.05) is 41.9 Å². The molecular weight excluding hydrogens is 388 g/mol. The van der Waals surface area contributed by atoms with Gasteiger partial charge in [0, 0.05) is 37.2 Å². The molecule has 2 aliphatic heterocycles. The van der Waals surface area contributed by atoms with Gasteiger partial charge in [-0.05, 0) is 35.7 Å². The van der Waals surface area contributed by atoms with Gasteiger partial charge < -0.3 is 9.64 Å². The number of piperazine rings is 1. The van der Waals surface area contributed by atoms with E-state index in [4.69, 9.17) is 16.3 Å². The fourth-order valence-corrected chi connectivity index (χ4v) is 4.24. The Balaban J connectivity index is 1.27. The van der Waals surface area contributed by atoms with Gasteiger partial charge >= 0.3 is 0 Å². The third kappa shape index (κ3) is 4.73. The third-order valence-electron chi connectivity index (χ3n) is 5.81. The van der Waals surface area contributed by atoms with Crippen LogP contribution in [0.5, 0.6) is 5.75 Å². The Morgan fingerprint density at radius 3 is 2.48 bits per heavy atom. The van der Waals surface area contributed by atoms with Crippen molar-refractivity contribution in [3.8, 4) is 5.75 Å². The summed E-state index contributed by atoms with van der Waals surface area (Å²) in [6.07, 6.45) is 1.62. The molecule has 0 radical (unpaired) electrons. The van der Waals surface area contributed by atoms with E-state index < -0.39 is 0 Å². The molecule has 2 atom stereocenters. The molecule has 2 aliphatic rings. The van der Waals surface area contributed by atoms with Gasteiger partial charge in [0.05, 0.1) is 19.7 Å². The first-order valence-corrected chi connectivity index (χ1v) is 10.4. The standard InChI is InChI=1S/C22H27ClN4O2/c1-29-18-8-6-16(7-9-18)20-15-21(25-24-20)26-10-12-27(13-11-26)22(28)14-17-4-2-3-5-19(17)23/h2-9,20-21,24-25H,10-15H2,1H3. The van der Waals surface area contributed by atoms with Crippen molar-refractivity contribution in [2.75, 3.05) is 33.3 Å². The summed E-state index contributed by atoms with van der Waals surface area (Å²) in [5.74, 6) is 1.01. The molecule has 154 valence electrons. The molecule has 2 aromatic rings. The van der Waals surface area contributed by atoms with Crippen LogP contribution in [0.1, 0.15) is 23.6 Å². The zero-order valence-corrected chi connectivity index (χ0v) is 17.4. The van der Waals surface area contributed by atoms with Crippen LogP contribution in [-0.2, 0) is 11.2 Å². The Morgan fingerprint density at radius 2 is 1.79 bits per heavy atom. The Morgan fingerprint density at radius 1 is 1.07 bits per heavy atom. The van der Waals surface area contributed by atoms with Gasteiger partial charge in [0.2, 0.25) is 5.91 Å². The largest absolute Gasteiger partial charge is 0.497 e. The minimum atomic E-state index is 0.145. The number of benzene rings is 2. The van der Waals surface area contributed by atoms with Crippen LogP contribution in [0.4, 0.5) is 0 Å². The molecule has 0 saturated carbocycles. The molecular formula is C22H27ClN4O2. The normalized spacial score (nSPS) is 22.6. The molecule has 0 aromatic heterocycles. The second-order valence-electron chi connectivity index (χ2n) is 7.55. The summed E-state index contributed by atoms with van der Waals surface area (Å²) in [5.41, 5.74) is 8.96. The molecule has 0 bridgehead atoms. The quantitative estimate of drug-likeness (QED) is 0.787. The van der Waals surface area contributed by atoms with Gasteiger partial charge in [0.15, 0.2) is 0 Å². The average molecular weight is 415 g/mol. The number of hydrogen-bond acceptors (Lipinski definition) is 5. The van der Waals surface area contributed by atoms with Gasteiger partial charge in [-0.25, -0.2) is 10.9 Å². The van der Waals surface area contributed by atoms with E-state index >= 15 is 0 Å². The molecule has 2 aromatic carbocycles. The summed E-state index contributed by atoms with van der Waals surface area (Å²) in [5, 5.41) is 0.658. The first-order valence-electron chi connectivity index (χ1n) is 10.0. The van der Waals surface area contributed by atoms with Crippen molar-refractivity contribution in [3.05, 3.63) is 64.7 Å². The molecule has 29 heavy (non-hydrogen) atoms. The molecule has 0 spiro atoms. The average Bonchev–Trinajstić information content (AvgIpc) is 3.26. The smallest absolute Gasteiger partial charge is 0.227 e. The number of rotatable bonds is 5. The highest BCUT2D eigenvalue weighted by Gasteiger charge is 2.32. The van der Waals surface area contributed by atoms with Gasteiger partial charge in [0.25, 0.3) is 0 Å². The Kier molecular flexibility index (Phi) is 6.35. The molecule has 4 rings (SSSR count). The SMILES string of the molecule is COc1ccc(C2CC(N3CCN(C(=O)Cc4ccccc4Cl)CC3)NN2)cc1. The van der Waals surface area contributed by atoms with Crippen molar-refractivity contribution in [2.24, 2.45) is 0 Å². The first-order chi connectivity index (χ1) is 14.1. The minimum Gasteiger partial charge on any atom is -0.497 e. The number of carbonyl (C=O) groups is 1. The van der Waals surface area contributed by atoms with Crippen LogP contribution >= 0.6 is 11.6 Å². The highest BCUT2D eigenvalue weighted by molar-refractivity contribution is 6.31. The van der Waals surface area contributed by atoms with Crippen LogP contribution < -0.4 is 15.6 Å². The number of halogens is 1. The molecule has 2 fully saturated rings. The number of hydrogen-bond donors (Lipinski definition) is 2. The van der Waals surface area contributed by atoms with E-state index in [-0.39, 0.29) is 18.1 Å². The number of amides is 1. The molecule has 2 N–H and O–H groups in total. The number of nitrogens with one attached hydrogen (secondary N) is 2. The summed E-state index contributed by atoms with van der Waals surface area (Å²) >= 11 is 6.20. The van der Waals surface area contributed by atoms with E-state index in [1.807, 2.05) is 41.3 Å². The fourth-order valence-electron chi connectivity index (χ4n) is 4.03. The van der Waals surface area contributed by atoms with E-state index in [2.05, 4.69) is 27.9 Å². The van der Waals surface area contributed by atoms with Crippen LogP contribution in [-0.4, -0.2) is 55.2 Å². The Labute approximate surface area is 176 Å². The maximum atomic E-state index is 12.6. The van der Waals surface area contributed by atoms with E-state index in [1.54, 1.807) is 7.11 Å². The molecule has 2 heterocycles. The first kappa shape index (κ1) is 20.2. The molecule has 2 saturated heterocycles. The molecule has 2 unspecified atom stereocenters. The fraction of sp³-hybridized carbons (Fsp3) is 0.409. The van der Waals surface area contributed by atoms with E-state index in [1.165, 1.54) is 5.56 Å². The zero-order valence-electron chi connectivity index (χ0n) is 16.6. The number of nitrogens with zero attached hydrogens (tertiary/aromatic N) is 2. The summed E-state index contributed by atoms with van der Waals surface area (Å²) in [4.78, 5) is 17.0. The predicted molar refractivity (Wildman–Crippen MR) is 114 cm³/mol. The van der Waals surface area contributed by atoms with Crippen LogP contribution in [0.15, 0.2) is 48.5 Å². The highest BCUT2D eigenvalue weighted by Crippen LogP contribution is 2.26. The Hall–Kier alpha value is -2.12. The molecule has 0 aliphatic carbocycles. The lowest BCUT2D eigenvalue weighted by Gasteiger charge is -2.37. The molecule has 7 heteroatoms. The lowest BCUT2D eigenvalue weighted by atomic mass is 10.0. The lowest BCUT2D eigenvalue weighted by molar-refractivity contribution is -0.132. The second kappa shape index (κ2) is 9.13. The highest BCUT2D eigenvalue weighted by atomic mass is 35.5. The summed E-state index contributed by atoms with van der Waals surface area (Å²) in [7, 11) is 1.68. The number of carbonyl (C=O) groups excluding carboxylic acids is 1. The van der Waals surface area contributed by atoms with Gasteiger partial charge in [-0.15, -0.1) is 0 Å². The van der Waals surface area contributed by atoms with Crippen molar-refractivity contribution >= 4 is 17.5 Å². The van der Waals surface area contributed by atoms with Gasteiger partial charge in [0.1, 0.15) is 5.75 Å². The third-order valence-corrected chi connectivity index (χ3v) is 6.18. The topological polar surface area (TPSA) is 56.8 Å². The molecule has 1 amide bonds. The summed E-state index contributed by atoms with van der Waals surface area (Å²) in [6.45, 7) is 3.22. The number of ether oxygens (including phenoxy) is 1. The van der Waals surface area contributed by atoms with Crippen LogP contribution in [0.3, 0.4) is 0 Å². The maximum Gasteiger partial charge on any atom is 0.227 e. The minimum absolute atomic E-state index is 0.145. The monoisotopic (exact) mass is 414 g/mol. The van der Waals surface area contributed by atoms with E-state index in [9.17, 15) is 4.79 Å². The van der Waals surface area contributed by atoms with Crippen molar-refractivity contribution < 1.29 is 9.53 Å². The van der Waals surface area contributed by atoms with Crippen LogP contribution in [0.2, 0.25) is 5.02 Å². The van der Waals surface area contributed by atoms with Gasteiger partial charge in [-0.2, -0.15) is 0 Å². The Bertz CT molecular complexity index is 837. The number of hydrazine groups is 1. The predicted octanol–water partition coefficient (Wildman–Crippen LogP) is 2.60. The zero-order chi connectivity index (χ0) is 20.2. The van der Waals surface area contributed by atoms with Crippen molar-refractivity contribution in [1.82, 2.24) is 20.7 Å². The van der Waals surface area contributed by atoms with Crippen molar-refractivity contribution in [2.45, 2.75) is 25.0 Å². The number of methoxy groups -OCH3 is 1. The lowest BCUT2D eigenvalue weighted by Crippen LogP contribution is -2.55. The summed E-state index contributed by atoms with van der Waals surface area (Å²) in [6, 6.07) is 16.0. The van der Waals surface area contributed by atoms with E-state index in [0.717, 1.165) is 43.9 Å². The van der Waals surface area contributed by atoms with Crippen LogP contribution in [0.25, 0.3) is 0 Å². The van der Waals surface area contributed by atoms with E-state index in [0.29, 0.717) is 11.4 Å². The molecule has 6 nitrogen and oxygen atoms in total. The maximum absolute atomic E-state index is 12.6. The van der Waals surface area contributed by atoms with Crippen molar-refractivity contribution in [3.63, 3.8) is 0 Å².